The number of hydrogen-bond donors (Lipinski definition) is 2. The largest absolute Gasteiger partial charge is 0.382 e. The van der Waals surface area contributed by atoms with Gasteiger partial charge in [-0.15, -0.1) is 5.10 Å². The second-order valence-corrected chi connectivity index (χ2v) is 6.75. The van der Waals surface area contributed by atoms with Gasteiger partial charge in [-0.1, -0.05) is 6.07 Å². The fraction of sp³-hybridized carbons (Fsp3) is 0.200. The molecule has 4 aromatic rings. The monoisotopic (exact) mass is 374 g/mol. The lowest BCUT2D eigenvalue weighted by molar-refractivity contribution is 0.425. The zero-order chi connectivity index (χ0) is 19.5. The van der Waals surface area contributed by atoms with Gasteiger partial charge >= 0.3 is 0 Å². The zero-order valence-electron chi connectivity index (χ0n) is 15.9. The lowest BCUT2D eigenvalue weighted by Crippen LogP contribution is -2.21. The quantitative estimate of drug-likeness (QED) is 0.535. The number of nitrogens with one attached hydrogen (secondary N) is 1. The first-order valence-electron chi connectivity index (χ1n) is 9.02. The van der Waals surface area contributed by atoms with E-state index in [1.165, 1.54) is 0 Å². The van der Waals surface area contributed by atoms with Crippen LogP contribution in [-0.2, 0) is 0 Å². The maximum absolute atomic E-state index is 6.13. The molecule has 0 aliphatic heterocycles. The summed E-state index contributed by atoms with van der Waals surface area (Å²) in [4.78, 5) is 15.5. The zero-order valence-corrected chi connectivity index (χ0v) is 15.9. The van der Waals surface area contributed by atoms with Crippen LogP contribution < -0.4 is 11.1 Å². The second kappa shape index (κ2) is 7.61. The Morgan fingerprint density at radius 1 is 1.04 bits per heavy atom. The van der Waals surface area contributed by atoms with E-state index < -0.39 is 0 Å². The Hall–Kier alpha value is -3.52. The molecule has 4 rings (SSSR count). The summed E-state index contributed by atoms with van der Waals surface area (Å²) in [5, 5.41) is 7.71. The number of likely N-dealkylation sites (N-methyl/N-ethyl adjacent to an activating group) is 1. The first-order valence-corrected chi connectivity index (χ1v) is 9.02. The van der Waals surface area contributed by atoms with E-state index in [2.05, 4.69) is 30.3 Å². The number of nitrogens with zero attached hydrogens (tertiary/aromatic N) is 6. The van der Waals surface area contributed by atoms with Crippen LogP contribution in [-0.4, -0.2) is 56.7 Å². The molecular weight excluding hydrogens is 352 g/mol. The van der Waals surface area contributed by atoms with Gasteiger partial charge in [0.05, 0.1) is 11.3 Å². The van der Waals surface area contributed by atoms with Gasteiger partial charge in [-0.25, -0.2) is 14.5 Å². The number of aromatic nitrogens is 5. The van der Waals surface area contributed by atoms with Gasteiger partial charge in [-0.2, -0.15) is 0 Å². The van der Waals surface area contributed by atoms with E-state index in [-0.39, 0.29) is 0 Å². The summed E-state index contributed by atoms with van der Waals surface area (Å²) in [6, 6.07) is 9.66. The molecule has 0 aliphatic rings. The lowest BCUT2D eigenvalue weighted by atomic mass is 10.1. The van der Waals surface area contributed by atoms with Crippen LogP contribution in [0.15, 0.2) is 55.1 Å². The van der Waals surface area contributed by atoms with Crippen molar-refractivity contribution in [2.24, 2.45) is 0 Å². The molecule has 4 aromatic heterocycles. The molecule has 142 valence electrons. The molecule has 8 heteroatoms. The predicted octanol–water partition coefficient (Wildman–Crippen LogP) is 2.41. The Balaban J connectivity index is 1.60. The Morgan fingerprint density at radius 2 is 1.89 bits per heavy atom. The highest BCUT2D eigenvalue weighted by atomic mass is 15.3. The van der Waals surface area contributed by atoms with Crippen molar-refractivity contribution in [2.75, 3.05) is 38.2 Å². The van der Waals surface area contributed by atoms with Gasteiger partial charge in [-0.05, 0) is 38.4 Å². The predicted molar refractivity (Wildman–Crippen MR) is 111 cm³/mol. The van der Waals surface area contributed by atoms with Crippen LogP contribution in [0, 0.1) is 0 Å². The van der Waals surface area contributed by atoms with E-state index in [4.69, 9.17) is 5.73 Å². The van der Waals surface area contributed by atoms with Gasteiger partial charge in [0.25, 0.3) is 0 Å². The molecule has 0 bridgehead atoms. The first kappa shape index (κ1) is 17.9. The average molecular weight is 374 g/mol. The number of rotatable bonds is 6. The molecule has 8 nitrogen and oxygen atoms in total. The summed E-state index contributed by atoms with van der Waals surface area (Å²) in [5.41, 5.74) is 10.2. The van der Waals surface area contributed by atoms with Crippen molar-refractivity contribution in [1.82, 2.24) is 29.5 Å². The van der Waals surface area contributed by atoms with Crippen LogP contribution in [0.5, 0.6) is 0 Å². The van der Waals surface area contributed by atoms with Crippen LogP contribution in [0.25, 0.3) is 28.0 Å². The van der Waals surface area contributed by atoms with Crippen molar-refractivity contribution in [3.05, 3.63) is 55.1 Å². The van der Waals surface area contributed by atoms with Crippen LogP contribution in [0.2, 0.25) is 0 Å². The summed E-state index contributed by atoms with van der Waals surface area (Å²) in [7, 11) is 4.09. The van der Waals surface area contributed by atoms with Gasteiger partial charge in [0.2, 0.25) is 0 Å². The molecular formula is C20H22N8. The third-order valence-electron chi connectivity index (χ3n) is 4.38. The van der Waals surface area contributed by atoms with Crippen LogP contribution in [0.4, 0.5) is 11.6 Å². The molecule has 0 aromatic carbocycles. The molecule has 28 heavy (non-hydrogen) atoms. The standard InChI is InChI=1S/C20H22N8/c1-27(2)10-9-23-17-7-6-14(11-24-17)15-12-25-20-18(16-5-3-4-8-22-16)19(21)26-28(20)13-15/h3-8,11-13H,9-10H2,1-2H3,(H2,21,26)(H,23,24). The number of nitrogens with two attached hydrogens (primary N) is 1. The van der Waals surface area contributed by atoms with Crippen LogP contribution in [0.3, 0.4) is 0 Å². The van der Waals surface area contributed by atoms with Crippen molar-refractivity contribution >= 4 is 17.3 Å². The highest BCUT2D eigenvalue weighted by molar-refractivity contribution is 5.84. The van der Waals surface area contributed by atoms with Crippen molar-refractivity contribution in [1.29, 1.82) is 0 Å². The maximum atomic E-state index is 6.13. The number of hydrogen-bond acceptors (Lipinski definition) is 7. The fourth-order valence-electron chi connectivity index (χ4n) is 2.93. The topological polar surface area (TPSA) is 97.3 Å². The highest BCUT2D eigenvalue weighted by Crippen LogP contribution is 2.28. The van der Waals surface area contributed by atoms with Crippen molar-refractivity contribution < 1.29 is 0 Å². The average Bonchev–Trinajstić information content (AvgIpc) is 3.04. The number of fused-ring (bicyclic) bond motifs is 1. The molecule has 0 radical (unpaired) electrons. The summed E-state index contributed by atoms with van der Waals surface area (Å²) in [6.07, 6.45) is 7.26. The molecule has 0 spiro atoms. The molecule has 0 unspecified atom stereocenters. The van der Waals surface area contributed by atoms with E-state index >= 15 is 0 Å². The van der Waals surface area contributed by atoms with E-state index in [9.17, 15) is 0 Å². The third-order valence-corrected chi connectivity index (χ3v) is 4.38. The highest BCUT2D eigenvalue weighted by Gasteiger charge is 2.15. The van der Waals surface area contributed by atoms with E-state index in [1.807, 2.05) is 56.8 Å². The minimum Gasteiger partial charge on any atom is -0.382 e. The minimum absolute atomic E-state index is 0.405. The fourth-order valence-corrected chi connectivity index (χ4v) is 2.93. The summed E-state index contributed by atoms with van der Waals surface area (Å²) in [5.74, 6) is 1.25. The Labute approximate surface area is 163 Å². The van der Waals surface area contributed by atoms with Crippen LogP contribution >= 0.6 is 0 Å². The van der Waals surface area contributed by atoms with Gasteiger partial charge in [0, 0.05) is 49.0 Å². The summed E-state index contributed by atoms with van der Waals surface area (Å²) in [6.45, 7) is 1.79. The maximum Gasteiger partial charge on any atom is 0.166 e. The first-order chi connectivity index (χ1) is 13.6. The Morgan fingerprint density at radius 3 is 2.61 bits per heavy atom. The third kappa shape index (κ3) is 3.63. The minimum atomic E-state index is 0.405. The van der Waals surface area contributed by atoms with Crippen molar-refractivity contribution in [3.63, 3.8) is 0 Å². The summed E-state index contributed by atoms with van der Waals surface area (Å²) < 4.78 is 1.69. The number of anilines is 2. The molecule has 0 aliphatic carbocycles. The smallest absolute Gasteiger partial charge is 0.166 e. The van der Waals surface area contributed by atoms with Crippen molar-refractivity contribution in [3.8, 4) is 22.4 Å². The summed E-state index contributed by atoms with van der Waals surface area (Å²) >= 11 is 0. The molecule has 0 fully saturated rings. The molecule has 0 saturated carbocycles. The Bertz CT molecular complexity index is 1070. The molecule has 4 heterocycles. The normalized spacial score (nSPS) is 11.2. The SMILES string of the molecule is CN(C)CCNc1ccc(-c2cnc3c(-c4ccccn4)c(N)nn3c2)cn1. The number of pyridine rings is 2. The molecule has 0 saturated heterocycles. The Kier molecular flexibility index (Phi) is 4.86. The van der Waals surface area contributed by atoms with E-state index in [0.29, 0.717) is 11.5 Å². The molecule has 0 atom stereocenters. The van der Waals surface area contributed by atoms with Gasteiger partial charge in [-0.3, -0.25) is 4.98 Å². The van der Waals surface area contributed by atoms with Gasteiger partial charge < -0.3 is 16.0 Å². The molecule has 3 N–H and O–H groups in total. The second-order valence-electron chi connectivity index (χ2n) is 6.75. The van der Waals surface area contributed by atoms with E-state index in [1.54, 1.807) is 16.9 Å². The van der Waals surface area contributed by atoms with Gasteiger partial charge in [0.1, 0.15) is 5.82 Å². The van der Waals surface area contributed by atoms with Gasteiger partial charge in [0.15, 0.2) is 11.5 Å². The van der Waals surface area contributed by atoms with Crippen molar-refractivity contribution in [2.45, 2.75) is 0 Å². The lowest BCUT2D eigenvalue weighted by Gasteiger charge is -2.11. The van der Waals surface area contributed by atoms with E-state index in [0.717, 1.165) is 41.3 Å². The number of nitrogen functional groups attached to an aromatic ring is 1. The molecule has 0 amide bonds. The van der Waals surface area contributed by atoms with Crippen LogP contribution in [0.1, 0.15) is 0 Å².